The summed E-state index contributed by atoms with van der Waals surface area (Å²) >= 11 is 0. The Morgan fingerprint density at radius 3 is 2.68 bits per heavy atom. The molecule has 2 fully saturated rings. The number of aliphatic hydroxyl groups is 2. The number of Topliss-reactive ketones (excluding diaryl/α,β-unsaturated/α-hetero) is 1. The van der Waals surface area contributed by atoms with Crippen molar-refractivity contribution in [2.75, 3.05) is 6.54 Å². The standard InChI is InChI=1S/C27H34N2O5/c1-16-11-12-19-18-8-3-2-4-10-23(32)28-14-13-22(31)25-26(33)24(27(34)29-25)21(30)9-6-5-7-17(18)15-20(16)19/h2-5,7,10-12,16-20,22,25,30-31H,6,8-9,13-15H2,1H3,(H,28,32)(H,29,34)/b3-2-,7-5+,10-4+,24-21-/t16-,17+,18-,19+,20+,22-,25-/m0/s1. The number of hydrogen-bond acceptors (Lipinski definition) is 5. The zero-order valence-corrected chi connectivity index (χ0v) is 19.5. The Morgan fingerprint density at radius 2 is 1.85 bits per heavy atom. The maximum absolute atomic E-state index is 12.7. The third-order valence-corrected chi connectivity index (χ3v) is 7.68. The van der Waals surface area contributed by atoms with Gasteiger partial charge < -0.3 is 20.8 Å². The molecule has 7 atom stereocenters. The number of carbonyl (C=O) groups excluding carboxylic acids is 3. The average molecular weight is 467 g/mol. The van der Waals surface area contributed by atoms with Crippen molar-refractivity contribution in [1.29, 1.82) is 0 Å². The molecule has 2 aliphatic carbocycles. The predicted octanol–water partition coefficient (Wildman–Crippen LogP) is 2.66. The number of allylic oxidation sites excluding steroid dienone is 8. The highest BCUT2D eigenvalue weighted by molar-refractivity contribution is 6.27. The molecule has 2 bridgehead atoms. The highest BCUT2D eigenvalue weighted by Crippen LogP contribution is 2.51. The number of carbonyl (C=O) groups is 3. The number of rotatable bonds is 0. The summed E-state index contributed by atoms with van der Waals surface area (Å²) in [7, 11) is 0. The maximum Gasteiger partial charge on any atom is 0.259 e. The van der Waals surface area contributed by atoms with Crippen LogP contribution in [0.5, 0.6) is 0 Å². The Kier molecular flexibility index (Phi) is 7.51. The van der Waals surface area contributed by atoms with E-state index in [1.54, 1.807) is 6.08 Å². The van der Waals surface area contributed by atoms with Crippen molar-refractivity contribution in [1.82, 2.24) is 10.6 Å². The first-order valence-electron chi connectivity index (χ1n) is 12.3. The molecule has 7 heteroatoms. The lowest BCUT2D eigenvalue weighted by molar-refractivity contribution is -0.118. The second kappa shape index (κ2) is 10.6. The molecule has 182 valence electrons. The van der Waals surface area contributed by atoms with E-state index >= 15 is 0 Å². The second-order valence-corrected chi connectivity index (χ2v) is 9.82. The van der Waals surface area contributed by atoms with Crippen molar-refractivity contribution >= 4 is 17.6 Å². The van der Waals surface area contributed by atoms with Gasteiger partial charge in [0.25, 0.3) is 5.91 Å². The first-order valence-corrected chi connectivity index (χ1v) is 12.3. The van der Waals surface area contributed by atoms with Crippen LogP contribution in [-0.4, -0.2) is 46.5 Å². The van der Waals surface area contributed by atoms with E-state index in [2.05, 4.69) is 41.9 Å². The molecule has 4 N–H and O–H groups in total. The summed E-state index contributed by atoms with van der Waals surface area (Å²) in [5.74, 6) is 0.830. The van der Waals surface area contributed by atoms with Crippen molar-refractivity contribution in [3.63, 3.8) is 0 Å². The molecule has 1 saturated carbocycles. The number of hydrogen-bond donors (Lipinski definition) is 4. The lowest BCUT2D eigenvalue weighted by Crippen LogP contribution is -2.42. The van der Waals surface area contributed by atoms with E-state index in [0.717, 1.165) is 12.8 Å². The third-order valence-electron chi connectivity index (χ3n) is 7.68. The largest absolute Gasteiger partial charge is 0.511 e. The van der Waals surface area contributed by atoms with E-state index < -0.39 is 23.8 Å². The summed E-state index contributed by atoms with van der Waals surface area (Å²) in [6.07, 6.45) is 17.8. The first kappa shape index (κ1) is 24.2. The number of aliphatic hydroxyl groups excluding tert-OH is 2. The van der Waals surface area contributed by atoms with Gasteiger partial charge in [0.1, 0.15) is 17.4 Å². The Morgan fingerprint density at radius 1 is 1.03 bits per heavy atom. The number of ketones is 1. The molecule has 2 amide bonds. The van der Waals surface area contributed by atoms with Crippen LogP contribution in [-0.2, 0) is 14.4 Å². The predicted molar refractivity (Wildman–Crippen MR) is 128 cm³/mol. The van der Waals surface area contributed by atoms with E-state index in [1.165, 1.54) is 6.08 Å². The fourth-order valence-corrected chi connectivity index (χ4v) is 5.83. The quantitative estimate of drug-likeness (QED) is 0.324. The molecule has 2 heterocycles. The second-order valence-electron chi connectivity index (χ2n) is 9.82. The van der Waals surface area contributed by atoms with Crippen molar-refractivity contribution in [2.45, 2.75) is 51.2 Å². The minimum absolute atomic E-state index is 0.0977. The van der Waals surface area contributed by atoms with Crippen LogP contribution in [0.1, 0.15) is 39.0 Å². The van der Waals surface area contributed by atoms with Crippen LogP contribution in [0.3, 0.4) is 0 Å². The Balaban J connectivity index is 1.53. The minimum Gasteiger partial charge on any atom is -0.511 e. The molecule has 4 rings (SSSR count). The average Bonchev–Trinajstić information content (AvgIpc) is 3.43. The summed E-state index contributed by atoms with van der Waals surface area (Å²) in [5.41, 5.74) is -0.267. The van der Waals surface area contributed by atoms with Gasteiger partial charge in [-0.2, -0.15) is 0 Å². The number of fused-ring (bicyclic) bond motifs is 5. The number of amides is 2. The molecule has 34 heavy (non-hydrogen) atoms. The van der Waals surface area contributed by atoms with Crippen LogP contribution in [0.25, 0.3) is 0 Å². The van der Waals surface area contributed by atoms with Gasteiger partial charge in [-0.3, -0.25) is 14.4 Å². The van der Waals surface area contributed by atoms with Crippen molar-refractivity contribution in [3.8, 4) is 0 Å². The van der Waals surface area contributed by atoms with Gasteiger partial charge in [-0.05, 0) is 55.3 Å². The third kappa shape index (κ3) is 5.09. The van der Waals surface area contributed by atoms with Gasteiger partial charge in [0.05, 0.1) is 6.10 Å². The maximum atomic E-state index is 12.7. The SMILES string of the molecule is C[C@H]1C=C[C@@H]2[C@H]3C/C=C\C=C\C(=O)NCC[C@H](O)[C@@H]4NC(=O)/C(=C(\O)CC/C=C/[C@@H]3C[C@@H]21)C4=O. The van der Waals surface area contributed by atoms with Crippen LogP contribution >= 0.6 is 0 Å². The summed E-state index contributed by atoms with van der Waals surface area (Å²) in [5, 5.41) is 26.0. The molecule has 1 saturated heterocycles. The van der Waals surface area contributed by atoms with Crippen LogP contribution in [0.15, 0.2) is 59.9 Å². The lowest BCUT2D eigenvalue weighted by Gasteiger charge is -2.20. The smallest absolute Gasteiger partial charge is 0.259 e. The first-order chi connectivity index (χ1) is 16.4. The molecule has 0 aromatic carbocycles. The normalized spacial score (nSPS) is 41.8. The molecule has 4 aliphatic rings. The monoisotopic (exact) mass is 466 g/mol. The number of nitrogens with one attached hydrogen (secondary N) is 2. The zero-order chi connectivity index (χ0) is 24.2. The van der Waals surface area contributed by atoms with Gasteiger partial charge in [-0.25, -0.2) is 0 Å². The van der Waals surface area contributed by atoms with Crippen molar-refractivity contribution in [3.05, 3.63) is 59.9 Å². The molecular weight excluding hydrogens is 432 g/mol. The van der Waals surface area contributed by atoms with Crippen LogP contribution in [0.2, 0.25) is 0 Å². The Bertz CT molecular complexity index is 976. The Labute approximate surface area is 200 Å². The van der Waals surface area contributed by atoms with E-state index in [9.17, 15) is 24.6 Å². The topological polar surface area (TPSA) is 116 Å². The summed E-state index contributed by atoms with van der Waals surface area (Å²) < 4.78 is 0. The lowest BCUT2D eigenvalue weighted by atomic mass is 9.85. The molecular formula is C27H34N2O5. The molecule has 0 aromatic rings. The summed E-state index contributed by atoms with van der Waals surface area (Å²) in [4.78, 5) is 37.0. The molecule has 0 radical (unpaired) electrons. The molecule has 0 spiro atoms. The molecule has 7 nitrogen and oxygen atoms in total. The van der Waals surface area contributed by atoms with Crippen molar-refractivity contribution in [2.24, 2.45) is 29.6 Å². The van der Waals surface area contributed by atoms with Gasteiger partial charge in [0.15, 0.2) is 5.78 Å². The Hall–Kier alpha value is -2.93. The highest BCUT2D eigenvalue weighted by atomic mass is 16.3. The van der Waals surface area contributed by atoms with E-state index in [-0.39, 0.29) is 36.6 Å². The van der Waals surface area contributed by atoms with E-state index in [4.69, 9.17) is 0 Å². The van der Waals surface area contributed by atoms with Gasteiger partial charge >= 0.3 is 0 Å². The van der Waals surface area contributed by atoms with Gasteiger partial charge in [0, 0.05) is 19.0 Å². The summed E-state index contributed by atoms with van der Waals surface area (Å²) in [6, 6.07) is -1.12. The van der Waals surface area contributed by atoms with Gasteiger partial charge in [0.2, 0.25) is 5.91 Å². The highest BCUT2D eigenvalue weighted by Gasteiger charge is 2.44. The van der Waals surface area contributed by atoms with Gasteiger partial charge in [-0.15, -0.1) is 0 Å². The van der Waals surface area contributed by atoms with Crippen LogP contribution < -0.4 is 10.6 Å². The van der Waals surface area contributed by atoms with E-state index in [1.807, 2.05) is 12.2 Å². The molecule has 0 aromatic heterocycles. The molecule has 2 aliphatic heterocycles. The summed E-state index contributed by atoms with van der Waals surface area (Å²) in [6.45, 7) is 2.42. The molecule has 0 unspecified atom stereocenters. The van der Waals surface area contributed by atoms with Gasteiger partial charge in [-0.1, -0.05) is 49.5 Å². The van der Waals surface area contributed by atoms with Crippen LogP contribution in [0.4, 0.5) is 0 Å². The van der Waals surface area contributed by atoms with E-state index in [0.29, 0.717) is 36.0 Å². The van der Waals surface area contributed by atoms with Crippen LogP contribution in [0, 0.1) is 29.6 Å². The fraction of sp³-hybridized carbons (Fsp3) is 0.519. The zero-order valence-electron chi connectivity index (χ0n) is 19.5. The fourth-order valence-electron chi connectivity index (χ4n) is 5.83. The minimum atomic E-state index is -1.16. The van der Waals surface area contributed by atoms with Crippen molar-refractivity contribution < 1.29 is 24.6 Å².